The molecule has 0 spiro atoms. The maximum Gasteiger partial charge on any atom is 0.327 e. The summed E-state index contributed by atoms with van der Waals surface area (Å²) in [6, 6.07) is 0. The molecular formula is C14H26N2O3. The van der Waals surface area contributed by atoms with Gasteiger partial charge in [0, 0.05) is 19.6 Å². The molecule has 110 valence electrons. The van der Waals surface area contributed by atoms with Gasteiger partial charge >= 0.3 is 5.97 Å². The Labute approximate surface area is 115 Å². The summed E-state index contributed by atoms with van der Waals surface area (Å²) in [5.41, 5.74) is 5.56. The molecule has 0 bridgehead atoms. The summed E-state index contributed by atoms with van der Waals surface area (Å²) in [5, 5.41) is 0. The summed E-state index contributed by atoms with van der Waals surface area (Å²) in [5.74, 6) is 0.0318. The largest absolute Gasteiger partial charge is 0.465 e. The van der Waals surface area contributed by atoms with Crippen LogP contribution in [-0.2, 0) is 14.3 Å². The van der Waals surface area contributed by atoms with Gasteiger partial charge in [-0.3, -0.25) is 4.90 Å². The second kappa shape index (κ2) is 5.77. The van der Waals surface area contributed by atoms with E-state index in [1.54, 1.807) is 0 Å². The highest BCUT2D eigenvalue weighted by Crippen LogP contribution is 2.39. The Balaban J connectivity index is 2.01. The molecule has 5 nitrogen and oxygen atoms in total. The third-order valence-corrected chi connectivity index (χ3v) is 3.94. The van der Waals surface area contributed by atoms with Gasteiger partial charge in [0.25, 0.3) is 0 Å². The number of carbonyl (C=O) groups is 1. The smallest absolute Gasteiger partial charge is 0.327 e. The van der Waals surface area contributed by atoms with Crippen molar-refractivity contribution < 1.29 is 14.3 Å². The van der Waals surface area contributed by atoms with Gasteiger partial charge in [0.2, 0.25) is 0 Å². The van der Waals surface area contributed by atoms with Crippen LogP contribution in [0.2, 0.25) is 0 Å². The number of esters is 1. The van der Waals surface area contributed by atoms with E-state index < -0.39 is 5.54 Å². The molecule has 1 saturated carbocycles. The molecule has 0 aromatic rings. The molecule has 2 fully saturated rings. The molecular weight excluding hydrogens is 244 g/mol. The topological polar surface area (TPSA) is 64.8 Å². The minimum absolute atomic E-state index is 0.189. The zero-order valence-corrected chi connectivity index (χ0v) is 12.2. The lowest BCUT2D eigenvalue weighted by atomic mass is 9.93. The minimum Gasteiger partial charge on any atom is -0.465 e. The molecule has 1 heterocycles. The van der Waals surface area contributed by atoms with E-state index in [4.69, 9.17) is 15.2 Å². The van der Waals surface area contributed by atoms with E-state index in [0.717, 1.165) is 25.9 Å². The fourth-order valence-corrected chi connectivity index (χ4v) is 3.01. The number of nitrogens with two attached hydrogens (primary N) is 1. The van der Waals surface area contributed by atoms with Gasteiger partial charge in [-0.05, 0) is 39.5 Å². The van der Waals surface area contributed by atoms with Crippen molar-refractivity contribution in [2.24, 2.45) is 11.7 Å². The lowest BCUT2D eigenvalue weighted by Crippen LogP contribution is -2.61. The van der Waals surface area contributed by atoms with Crippen LogP contribution in [0.25, 0.3) is 0 Å². The molecule has 5 heteroatoms. The average molecular weight is 270 g/mol. The molecule has 1 aliphatic carbocycles. The number of nitrogens with zero attached hydrogens (tertiary/aromatic N) is 1. The summed E-state index contributed by atoms with van der Waals surface area (Å²) < 4.78 is 10.9. The fourth-order valence-electron chi connectivity index (χ4n) is 3.01. The van der Waals surface area contributed by atoms with Crippen LogP contribution in [0.4, 0.5) is 0 Å². The standard InChI is InChI=1S/C14H26N2O3/c1-4-18-13(17)14(15,12-5-6-12)9-16-7-10(2)19-11(3)8-16/h10-12H,4-9,15H2,1-3H3. The summed E-state index contributed by atoms with van der Waals surface area (Å²) in [4.78, 5) is 14.4. The second-order valence-corrected chi connectivity index (χ2v) is 5.99. The van der Waals surface area contributed by atoms with Gasteiger partial charge in [-0.1, -0.05) is 0 Å². The number of ether oxygens (including phenoxy) is 2. The molecule has 1 aliphatic heterocycles. The number of hydrogen-bond donors (Lipinski definition) is 1. The second-order valence-electron chi connectivity index (χ2n) is 5.99. The summed E-state index contributed by atoms with van der Waals surface area (Å²) in [6.45, 7) is 8.56. The van der Waals surface area contributed by atoms with Gasteiger partial charge in [-0.25, -0.2) is 4.79 Å². The number of rotatable bonds is 5. The molecule has 0 amide bonds. The van der Waals surface area contributed by atoms with Gasteiger partial charge in [0.1, 0.15) is 5.54 Å². The van der Waals surface area contributed by atoms with Crippen LogP contribution >= 0.6 is 0 Å². The van der Waals surface area contributed by atoms with E-state index in [9.17, 15) is 4.79 Å². The van der Waals surface area contributed by atoms with E-state index in [1.165, 1.54) is 0 Å². The van der Waals surface area contributed by atoms with Crippen LogP contribution in [0.5, 0.6) is 0 Å². The van der Waals surface area contributed by atoms with Crippen molar-refractivity contribution in [3.63, 3.8) is 0 Å². The Hall–Kier alpha value is -0.650. The van der Waals surface area contributed by atoms with E-state index in [2.05, 4.69) is 18.7 Å². The number of hydrogen-bond acceptors (Lipinski definition) is 5. The molecule has 3 atom stereocenters. The zero-order valence-electron chi connectivity index (χ0n) is 12.2. The Bertz CT molecular complexity index is 323. The van der Waals surface area contributed by atoms with Crippen LogP contribution < -0.4 is 5.73 Å². The van der Waals surface area contributed by atoms with Gasteiger partial charge in [-0.15, -0.1) is 0 Å². The highest BCUT2D eigenvalue weighted by molar-refractivity contribution is 5.82. The maximum absolute atomic E-state index is 12.2. The molecule has 19 heavy (non-hydrogen) atoms. The number of carbonyl (C=O) groups excluding carboxylic acids is 1. The third-order valence-electron chi connectivity index (χ3n) is 3.94. The lowest BCUT2D eigenvalue weighted by molar-refractivity contribution is -0.153. The Morgan fingerprint density at radius 1 is 1.37 bits per heavy atom. The zero-order chi connectivity index (χ0) is 14.0. The SMILES string of the molecule is CCOC(=O)C(N)(CN1CC(C)OC(C)C1)C1CC1. The highest BCUT2D eigenvalue weighted by Gasteiger charge is 2.50. The van der Waals surface area contributed by atoms with Crippen molar-refractivity contribution in [1.29, 1.82) is 0 Å². The van der Waals surface area contributed by atoms with E-state index in [0.29, 0.717) is 13.2 Å². The van der Waals surface area contributed by atoms with E-state index >= 15 is 0 Å². The van der Waals surface area contributed by atoms with Crippen molar-refractivity contribution in [1.82, 2.24) is 4.90 Å². The van der Waals surface area contributed by atoms with Crippen LogP contribution in [-0.4, -0.2) is 54.9 Å². The molecule has 0 radical (unpaired) electrons. The van der Waals surface area contributed by atoms with Gasteiger partial charge < -0.3 is 15.2 Å². The quantitative estimate of drug-likeness (QED) is 0.747. The Kier molecular flexibility index (Phi) is 4.48. The normalized spacial score (nSPS) is 31.8. The summed E-state index contributed by atoms with van der Waals surface area (Å²) >= 11 is 0. The summed E-state index contributed by atoms with van der Waals surface area (Å²) in [6.07, 6.45) is 2.44. The molecule has 2 rings (SSSR count). The Morgan fingerprint density at radius 3 is 2.42 bits per heavy atom. The Morgan fingerprint density at radius 2 is 1.95 bits per heavy atom. The van der Waals surface area contributed by atoms with Crippen LogP contribution in [0.15, 0.2) is 0 Å². The summed E-state index contributed by atoms with van der Waals surface area (Å²) in [7, 11) is 0. The first kappa shape index (κ1) is 14.8. The van der Waals surface area contributed by atoms with Crippen molar-refractivity contribution in [3.8, 4) is 0 Å². The first-order valence-corrected chi connectivity index (χ1v) is 7.29. The van der Waals surface area contributed by atoms with E-state index in [-0.39, 0.29) is 24.1 Å². The van der Waals surface area contributed by atoms with Crippen molar-refractivity contribution in [2.75, 3.05) is 26.2 Å². The van der Waals surface area contributed by atoms with Gasteiger partial charge in [0.05, 0.1) is 18.8 Å². The van der Waals surface area contributed by atoms with Crippen LogP contribution in [0, 0.1) is 5.92 Å². The predicted molar refractivity (Wildman–Crippen MR) is 72.7 cm³/mol. The lowest BCUT2D eigenvalue weighted by Gasteiger charge is -2.40. The van der Waals surface area contributed by atoms with Crippen molar-refractivity contribution >= 4 is 5.97 Å². The average Bonchev–Trinajstić information content (AvgIpc) is 3.11. The number of morpholine rings is 1. The molecule has 1 saturated heterocycles. The molecule has 2 aliphatic rings. The molecule has 0 aromatic heterocycles. The first-order valence-electron chi connectivity index (χ1n) is 7.29. The van der Waals surface area contributed by atoms with Gasteiger partial charge in [0.15, 0.2) is 0 Å². The van der Waals surface area contributed by atoms with E-state index in [1.807, 2.05) is 6.92 Å². The fraction of sp³-hybridized carbons (Fsp3) is 0.929. The molecule has 2 N–H and O–H groups in total. The van der Waals surface area contributed by atoms with Crippen molar-refractivity contribution in [3.05, 3.63) is 0 Å². The maximum atomic E-state index is 12.2. The minimum atomic E-state index is -0.840. The molecule has 3 unspecified atom stereocenters. The van der Waals surface area contributed by atoms with Crippen LogP contribution in [0.1, 0.15) is 33.6 Å². The highest BCUT2D eigenvalue weighted by atomic mass is 16.5. The third kappa shape index (κ3) is 3.46. The monoisotopic (exact) mass is 270 g/mol. The van der Waals surface area contributed by atoms with Crippen molar-refractivity contribution in [2.45, 2.75) is 51.4 Å². The first-order chi connectivity index (χ1) is 8.95. The molecule has 0 aromatic carbocycles. The van der Waals surface area contributed by atoms with Crippen LogP contribution in [0.3, 0.4) is 0 Å². The van der Waals surface area contributed by atoms with Gasteiger partial charge in [-0.2, -0.15) is 0 Å². The predicted octanol–water partition coefficient (Wildman–Crippen LogP) is 0.766.